The van der Waals surface area contributed by atoms with Crippen molar-refractivity contribution in [2.75, 3.05) is 0 Å². The molecule has 0 amide bonds. The molecule has 0 saturated heterocycles. The maximum absolute atomic E-state index is 13.7. The van der Waals surface area contributed by atoms with Crippen molar-refractivity contribution in [1.29, 1.82) is 0 Å². The molecule has 3 heteroatoms. The van der Waals surface area contributed by atoms with Gasteiger partial charge in [0.05, 0.1) is 0 Å². The topological polar surface area (TPSA) is 12.0 Å². The third-order valence-electron chi connectivity index (χ3n) is 4.86. The molecular weight excluding hydrogens is 232 g/mol. The number of rotatable bonds is 3. The lowest BCUT2D eigenvalue weighted by Gasteiger charge is -2.16. The van der Waals surface area contributed by atoms with Crippen molar-refractivity contribution in [2.45, 2.75) is 46.7 Å². The van der Waals surface area contributed by atoms with Gasteiger partial charge in [-0.25, -0.2) is 8.78 Å². The van der Waals surface area contributed by atoms with Gasteiger partial charge < -0.3 is 5.32 Å². The Labute approximate surface area is 108 Å². The van der Waals surface area contributed by atoms with E-state index in [-0.39, 0.29) is 22.7 Å². The zero-order valence-electron chi connectivity index (χ0n) is 11.6. The predicted molar refractivity (Wildman–Crippen MR) is 69.3 cm³/mol. The molecule has 1 aromatic rings. The smallest absolute Gasteiger partial charge is 0.128 e. The molecule has 0 aliphatic heterocycles. The van der Waals surface area contributed by atoms with Crippen molar-refractivity contribution in [3.63, 3.8) is 0 Å². The molecule has 2 rings (SSSR count). The fraction of sp³-hybridized carbons (Fsp3) is 0.600. The SMILES string of the molecule is CC(NC1C(C)(C)C1(C)C)c1cc(F)ccc1F. The van der Waals surface area contributed by atoms with Gasteiger partial charge >= 0.3 is 0 Å². The zero-order valence-corrected chi connectivity index (χ0v) is 11.6. The summed E-state index contributed by atoms with van der Waals surface area (Å²) in [6.45, 7) is 10.7. The molecule has 1 saturated carbocycles. The molecule has 1 aliphatic carbocycles. The molecule has 0 radical (unpaired) electrons. The van der Waals surface area contributed by atoms with Crippen molar-refractivity contribution < 1.29 is 8.78 Å². The Balaban J connectivity index is 2.14. The van der Waals surface area contributed by atoms with Crippen molar-refractivity contribution >= 4 is 0 Å². The van der Waals surface area contributed by atoms with Crippen LogP contribution in [0.5, 0.6) is 0 Å². The Morgan fingerprint density at radius 2 is 1.67 bits per heavy atom. The number of nitrogens with one attached hydrogen (secondary N) is 1. The summed E-state index contributed by atoms with van der Waals surface area (Å²) in [5.41, 5.74) is 0.768. The third-order valence-corrected chi connectivity index (χ3v) is 4.86. The van der Waals surface area contributed by atoms with Crippen LogP contribution in [0.3, 0.4) is 0 Å². The second-order valence-corrected chi connectivity index (χ2v) is 6.43. The van der Waals surface area contributed by atoms with Gasteiger partial charge in [-0.05, 0) is 36.0 Å². The minimum atomic E-state index is -0.394. The maximum Gasteiger partial charge on any atom is 0.128 e. The zero-order chi connectivity index (χ0) is 13.7. The van der Waals surface area contributed by atoms with Crippen LogP contribution in [0, 0.1) is 22.5 Å². The van der Waals surface area contributed by atoms with E-state index in [0.29, 0.717) is 11.6 Å². The van der Waals surface area contributed by atoms with Gasteiger partial charge in [0.25, 0.3) is 0 Å². The van der Waals surface area contributed by atoms with Crippen molar-refractivity contribution in [2.24, 2.45) is 10.8 Å². The van der Waals surface area contributed by atoms with Gasteiger partial charge in [-0.15, -0.1) is 0 Å². The molecule has 1 aromatic carbocycles. The molecule has 18 heavy (non-hydrogen) atoms. The molecule has 0 heterocycles. The van der Waals surface area contributed by atoms with Crippen molar-refractivity contribution in [3.8, 4) is 0 Å². The van der Waals surface area contributed by atoms with Crippen LogP contribution < -0.4 is 5.32 Å². The van der Waals surface area contributed by atoms with Crippen LogP contribution in [-0.2, 0) is 0 Å². The number of halogens is 2. The average Bonchev–Trinajstić information content (AvgIpc) is 2.64. The molecule has 0 bridgehead atoms. The Kier molecular flexibility index (Phi) is 3.01. The van der Waals surface area contributed by atoms with E-state index in [0.717, 1.165) is 6.07 Å². The summed E-state index contributed by atoms with van der Waals surface area (Å²) in [5.74, 6) is -0.748. The van der Waals surface area contributed by atoms with Crippen LogP contribution >= 0.6 is 0 Å². The summed E-state index contributed by atoms with van der Waals surface area (Å²) in [4.78, 5) is 0. The van der Waals surface area contributed by atoms with E-state index in [9.17, 15) is 8.78 Å². The highest BCUT2D eigenvalue weighted by Crippen LogP contribution is 2.63. The molecule has 1 fully saturated rings. The third kappa shape index (κ3) is 1.95. The first-order valence-corrected chi connectivity index (χ1v) is 6.39. The molecule has 1 aliphatic rings. The van der Waals surface area contributed by atoms with E-state index in [2.05, 4.69) is 33.0 Å². The van der Waals surface area contributed by atoms with E-state index in [1.54, 1.807) is 0 Å². The van der Waals surface area contributed by atoms with E-state index in [1.165, 1.54) is 12.1 Å². The van der Waals surface area contributed by atoms with E-state index < -0.39 is 5.82 Å². The van der Waals surface area contributed by atoms with Crippen molar-refractivity contribution in [1.82, 2.24) is 5.32 Å². The monoisotopic (exact) mass is 253 g/mol. The molecule has 100 valence electrons. The molecule has 0 spiro atoms. The Hall–Kier alpha value is -0.960. The van der Waals surface area contributed by atoms with Gasteiger partial charge in [0.2, 0.25) is 0 Å². The van der Waals surface area contributed by atoms with E-state index in [4.69, 9.17) is 0 Å². The lowest BCUT2D eigenvalue weighted by Crippen LogP contribution is -2.26. The Morgan fingerprint density at radius 3 is 2.17 bits per heavy atom. The maximum atomic E-state index is 13.7. The Bertz CT molecular complexity index is 452. The normalized spacial score (nSPS) is 22.8. The molecule has 0 aromatic heterocycles. The highest BCUT2D eigenvalue weighted by atomic mass is 19.1. The van der Waals surface area contributed by atoms with Crippen LogP contribution in [0.15, 0.2) is 18.2 Å². The first-order chi connectivity index (χ1) is 8.18. The predicted octanol–water partition coefficient (Wildman–Crippen LogP) is 4.05. The summed E-state index contributed by atoms with van der Waals surface area (Å²) in [6, 6.07) is 3.74. The fourth-order valence-electron chi connectivity index (χ4n) is 2.80. The van der Waals surface area contributed by atoms with Crippen LogP contribution in [-0.4, -0.2) is 6.04 Å². The van der Waals surface area contributed by atoms with Gasteiger partial charge in [0.15, 0.2) is 0 Å². The van der Waals surface area contributed by atoms with Crippen molar-refractivity contribution in [3.05, 3.63) is 35.4 Å². The number of benzene rings is 1. The van der Waals surface area contributed by atoms with Crippen LogP contribution in [0.2, 0.25) is 0 Å². The summed E-state index contributed by atoms with van der Waals surface area (Å²) >= 11 is 0. The van der Waals surface area contributed by atoms with Crippen LogP contribution in [0.25, 0.3) is 0 Å². The Morgan fingerprint density at radius 1 is 1.11 bits per heavy atom. The second kappa shape index (κ2) is 4.02. The summed E-state index contributed by atoms with van der Waals surface area (Å²) in [6.07, 6.45) is 0. The largest absolute Gasteiger partial charge is 0.306 e. The van der Waals surface area contributed by atoms with E-state index in [1.807, 2.05) is 6.92 Å². The summed E-state index contributed by atoms with van der Waals surface area (Å²) in [5, 5.41) is 3.41. The molecule has 1 unspecified atom stereocenters. The fourth-order valence-corrected chi connectivity index (χ4v) is 2.80. The minimum Gasteiger partial charge on any atom is -0.306 e. The number of hydrogen-bond donors (Lipinski definition) is 1. The lowest BCUT2D eigenvalue weighted by molar-refractivity contribution is 0.457. The number of hydrogen-bond acceptors (Lipinski definition) is 1. The minimum absolute atomic E-state index is 0.186. The molecular formula is C15H21F2N. The summed E-state index contributed by atoms with van der Waals surface area (Å²) in [7, 11) is 0. The van der Waals surface area contributed by atoms with Crippen LogP contribution in [0.1, 0.15) is 46.2 Å². The average molecular weight is 253 g/mol. The highest BCUT2D eigenvalue weighted by molar-refractivity contribution is 5.25. The molecule has 1 atom stereocenters. The standard InChI is InChI=1S/C15H21F2N/c1-9(11-8-10(16)6-7-12(11)17)18-13-14(2,3)15(13,4)5/h6-9,13,18H,1-5H3. The van der Waals surface area contributed by atoms with E-state index >= 15 is 0 Å². The second-order valence-electron chi connectivity index (χ2n) is 6.43. The van der Waals surface area contributed by atoms with Gasteiger partial charge in [0.1, 0.15) is 11.6 Å². The van der Waals surface area contributed by atoms with Gasteiger partial charge in [-0.1, -0.05) is 27.7 Å². The van der Waals surface area contributed by atoms with Crippen LogP contribution in [0.4, 0.5) is 8.78 Å². The highest BCUT2D eigenvalue weighted by Gasteiger charge is 2.64. The quantitative estimate of drug-likeness (QED) is 0.857. The first-order valence-electron chi connectivity index (χ1n) is 6.39. The van der Waals surface area contributed by atoms with Gasteiger partial charge in [-0.2, -0.15) is 0 Å². The molecule has 1 nitrogen and oxygen atoms in total. The van der Waals surface area contributed by atoms with Gasteiger partial charge in [0, 0.05) is 17.6 Å². The lowest BCUT2D eigenvalue weighted by atomic mass is 10.0. The summed E-state index contributed by atoms with van der Waals surface area (Å²) < 4.78 is 26.8. The molecule has 1 N–H and O–H groups in total. The first kappa shape index (κ1) is 13.5. The van der Waals surface area contributed by atoms with Gasteiger partial charge in [-0.3, -0.25) is 0 Å².